The first-order valence-electron chi connectivity index (χ1n) is 13.8. The number of hydrogen-bond donors (Lipinski definition) is 4. The molecule has 4 aliphatic rings. The van der Waals surface area contributed by atoms with E-state index in [0.29, 0.717) is 46.7 Å². The zero-order chi connectivity index (χ0) is 25.2. The molecule has 0 radical (unpaired) electrons. The van der Waals surface area contributed by atoms with Crippen LogP contribution in [0.3, 0.4) is 0 Å². The number of alkyl halides is 3. The van der Waals surface area contributed by atoms with Gasteiger partial charge in [-0.05, 0) is 0 Å². The predicted molar refractivity (Wildman–Crippen MR) is 144 cm³/mol. The average Bonchev–Trinajstić information content (AvgIpc) is 3.12. The molecule has 0 aromatic rings. The second-order valence-corrected chi connectivity index (χ2v) is 20.3. The first-order chi connectivity index (χ1) is 15.9. The van der Waals surface area contributed by atoms with Gasteiger partial charge in [-0.25, -0.2) is 0 Å². The zero-order valence-corrected chi connectivity index (χ0v) is 24.2. The Morgan fingerprint density at radius 1 is 1.06 bits per heavy atom. The number of Topliss-reactive ketones (excluding diaryl/α,β-unsaturated/α-hetero) is 1. The van der Waals surface area contributed by atoms with Gasteiger partial charge < -0.3 is 0 Å². The third-order valence-corrected chi connectivity index (χ3v) is 20.3. The Hall–Kier alpha value is 0.240. The van der Waals surface area contributed by atoms with Crippen LogP contribution in [0.5, 0.6) is 0 Å². The molecule has 4 fully saturated rings. The minimum atomic E-state index is -1.58. The normalized spacial score (nSPS) is 46.9. The van der Waals surface area contributed by atoms with E-state index in [0.717, 1.165) is 25.7 Å². The molecule has 5 nitrogen and oxygen atoms in total. The van der Waals surface area contributed by atoms with E-state index in [2.05, 4.69) is 41.5 Å². The number of hydrogen-bond acceptors (Lipinski definition) is 5. The Balaban J connectivity index is 1.55. The summed E-state index contributed by atoms with van der Waals surface area (Å²) in [7, 11) is 0. The molecular weight excluding hydrogens is 543 g/mol. The Bertz CT molecular complexity index is 759. The molecule has 4 N–H and O–H groups in total. The molecule has 2 aliphatic carbocycles. The average molecular weight is 593 g/mol. The summed E-state index contributed by atoms with van der Waals surface area (Å²) in [5.41, 5.74) is 0.106. The topological polar surface area (TPSA) is 98.0 Å². The van der Waals surface area contributed by atoms with Gasteiger partial charge in [-0.15, -0.1) is 0 Å². The van der Waals surface area contributed by atoms with Gasteiger partial charge in [-0.3, -0.25) is 0 Å². The van der Waals surface area contributed by atoms with Crippen LogP contribution in [0, 0.1) is 40.9 Å². The summed E-state index contributed by atoms with van der Waals surface area (Å²) in [5.74, 6) is 1.62. The molecule has 0 aromatic carbocycles. The van der Waals surface area contributed by atoms with Crippen LogP contribution < -0.4 is 0 Å². The van der Waals surface area contributed by atoms with Crippen molar-refractivity contribution in [3.63, 3.8) is 0 Å². The maximum atomic E-state index is 13.4. The van der Waals surface area contributed by atoms with E-state index in [9.17, 15) is 25.2 Å². The van der Waals surface area contributed by atoms with Crippen molar-refractivity contribution >= 4 is 25.6 Å². The number of halogens is 1. The molecule has 0 amide bonds. The van der Waals surface area contributed by atoms with E-state index in [4.69, 9.17) is 0 Å². The monoisotopic (exact) mass is 592 g/mol. The zero-order valence-electron chi connectivity index (χ0n) is 22.1. The van der Waals surface area contributed by atoms with Gasteiger partial charge in [-0.2, -0.15) is 0 Å². The van der Waals surface area contributed by atoms with Crippen molar-refractivity contribution in [1.82, 2.24) is 0 Å². The molecule has 12 atom stereocenters. The van der Waals surface area contributed by atoms with Gasteiger partial charge in [0.15, 0.2) is 0 Å². The first kappa shape index (κ1) is 27.3. The fourth-order valence-corrected chi connectivity index (χ4v) is 20.2. The predicted octanol–water partition coefficient (Wildman–Crippen LogP) is 4.20. The third-order valence-electron chi connectivity index (χ3n) is 11.0. The van der Waals surface area contributed by atoms with Crippen LogP contribution in [0.1, 0.15) is 86.5 Å². The molecular formula is C28H49IO5. The first-order valence-corrected chi connectivity index (χ1v) is 17.6. The van der Waals surface area contributed by atoms with Crippen molar-refractivity contribution in [1.29, 1.82) is 0 Å². The second kappa shape index (κ2) is 9.85. The Morgan fingerprint density at radius 2 is 1.74 bits per heavy atom. The van der Waals surface area contributed by atoms with Crippen LogP contribution in [0.15, 0.2) is 0 Å². The van der Waals surface area contributed by atoms with Gasteiger partial charge in [0, 0.05) is 0 Å². The fourth-order valence-electron chi connectivity index (χ4n) is 8.83. The Morgan fingerprint density at radius 3 is 2.35 bits per heavy atom. The summed E-state index contributed by atoms with van der Waals surface area (Å²) in [6, 6.07) is 0. The number of fused-ring (bicyclic) bond motifs is 5. The fraction of sp³-hybridized carbons (Fsp3) is 0.964. The molecule has 7 unspecified atom stereocenters. The number of rotatable bonds is 6. The Kier molecular flexibility index (Phi) is 7.90. The van der Waals surface area contributed by atoms with Crippen molar-refractivity contribution in [3.8, 4) is 0 Å². The summed E-state index contributed by atoms with van der Waals surface area (Å²) in [6.45, 7) is 13.2. The molecule has 6 heteroatoms. The van der Waals surface area contributed by atoms with Crippen LogP contribution in [0.4, 0.5) is 0 Å². The van der Waals surface area contributed by atoms with Gasteiger partial charge in [-0.1, -0.05) is 0 Å². The summed E-state index contributed by atoms with van der Waals surface area (Å²) in [6.07, 6.45) is 3.05. The van der Waals surface area contributed by atoms with Gasteiger partial charge in [0.2, 0.25) is 0 Å². The summed E-state index contributed by atoms with van der Waals surface area (Å²) >= 11 is -1.58. The molecule has 0 spiro atoms. The molecule has 4 rings (SSSR count). The van der Waals surface area contributed by atoms with Crippen LogP contribution in [-0.4, -0.2) is 62.4 Å². The van der Waals surface area contributed by atoms with Crippen LogP contribution in [-0.2, 0) is 4.79 Å². The summed E-state index contributed by atoms with van der Waals surface area (Å²) in [5, 5.41) is 43.2. The quantitative estimate of drug-likeness (QED) is 0.274. The minimum absolute atomic E-state index is 0.0347. The van der Waals surface area contributed by atoms with E-state index >= 15 is 0 Å². The molecule has 2 heterocycles. The molecule has 2 saturated heterocycles. The molecule has 2 aliphatic heterocycles. The molecule has 0 bridgehead atoms. The third kappa shape index (κ3) is 4.23. The van der Waals surface area contributed by atoms with Gasteiger partial charge in [0.25, 0.3) is 0 Å². The van der Waals surface area contributed by atoms with E-state index in [1.54, 1.807) is 0 Å². The van der Waals surface area contributed by atoms with E-state index in [1.165, 1.54) is 4.43 Å². The van der Waals surface area contributed by atoms with Crippen molar-refractivity contribution in [2.75, 3.05) is 4.43 Å². The summed E-state index contributed by atoms with van der Waals surface area (Å²) < 4.78 is 1.61. The van der Waals surface area contributed by atoms with E-state index in [-0.39, 0.29) is 26.6 Å². The number of aliphatic hydroxyl groups is 4. The van der Waals surface area contributed by atoms with E-state index < -0.39 is 44.2 Å². The molecule has 2 saturated carbocycles. The number of ketones is 1. The SMILES string of the molecule is CCC(C(C)C)C(O)C(O)C(C)C1CC[C@H]2[C@@H]3CC(=O)[C@H]4CC(O)C(O)C[C@]4(C)I3CC[C@]12C. The molecule has 34 heavy (non-hydrogen) atoms. The standard InChI is InChI=1S/C28H49IO5/c1-7-17(15(2)3)26(34)25(33)16(4)18-8-9-19-21-13-22(30)20-12-23(31)24(32)14-28(20,6)29(21)11-10-27(18,19)5/h15-21,23-26,31-34H,7-14H2,1-6H3/t16?,17?,18?,19-,20+,21-,23?,24?,25?,26?,27+,28-/m0/s1. The summed E-state index contributed by atoms with van der Waals surface area (Å²) in [4.78, 5) is 13.4. The number of aliphatic hydroxyl groups excluding tert-OH is 4. The maximum absolute atomic E-state index is 13.4. The van der Waals surface area contributed by atoms with Gasteiger partial charge >= 0.3 is 214 Å². The number of carbonyl (C=O) groups excluding carboxylic acids is 1. The molecule has 198 valence electrons. The van der Waals surface area contributed by atoms with Crippen LogP contribution >= 0.6 is 19.8 Å². The van der Waals surface area contributed by atoms with Crippen molar-refractivity contribution in [2.24, 2.45) is 40.9 Å². The number of carbonyl (C=O) groups is 1. The van der Waals surface area contributed by atoms with Crippen molar-refractivity contribution in [3.05, 3.63) is 0 Å². The van der Waals surface area contributed by atoms with Crippen LogP contribution in [0.25, 0.3) is 0 Å². The van der Waals surface area contributed by atoms with E-state index in [1.807, 2.05) is 0 Å². The van der Waals surface area contributed by atoms with Crippen molar-refractivity contribution in [2.45, 2.75) is 118 Å². The Labute approximate surface area is 213 Å². The van der Waals surface area contributed by atoms with Gasteiger partial charge in [0.1, 0.15) is 0 Å². The van der Waals surface area contributed by atoms with Gasteiger partial charge in [0.05, 0.1) is 0 Å². The molecule has 0 aromatic heterocycles. The van der Waals surface area contributed by atoms with Crippen molar-refractivity contribution < 1.29 is 25.2 Å². The second-order valence-electron chi connectivity index (χ2n) is 12.9. The van der Waals surface area contributed by atoms with Crippen LogP contribution in [0.2, 0.25) is 0 Å².